The first kappa shape index (κ1) is 24.2. The van der Waals surface area contributed by atoms with E-state index in [1.165, 1.54) is 0 Å². The van der Waals surface area contributed by atoms with Gasteiger partial charge in [0.25, 0.3) is 0 Å². The topological polar surface area (TPSA) is 97.4 Å². The maximum absolute atomic E-state index is 9.48. The summed E-state index contributed by atoms with van der Waals surface area (Å²) >= 11 is 12.3. The van der Waals surface area contributed by atoms with Gasteiger partial charge >= 0.3 is 0 Å². The molecular formula is C23H22Cl2N5O+. The number of nitriles is 3. The molecule has 6 nitrogen and oxygen atoms in total. The predicted octanol–water partition coefficient (Wildman–Crippen LogP) is 5.59. The van der Waals surface area contributed by atoms with Crippen molar-refractivity contribution in [3.05, 3.63) is 57.4 Å². The second kappa shape index (κ2) is 10.3. The molecular weight excluding hydrogens is 433 g/mol. The van der Waals surface area contributed by atoms with Gasteiger partial charge in [-0.25, -0.2) is 4.98 Å². The normalized spacial score (nSPS) is 15.5. The van der Waals surface area contributed by atoms with E-state index >= 15 is 0 Å². The Morgan fingerprint density at radius 3 is 2.35 bits per heavy atom. The number of nitrogens with zero attached hydrogens (tertiary/aromatic N) is 5. The van der Waals surface area contributed by atoms with Gasteiger partial charge in [-0.1, -0.05) is 23.2 Å². The van der Waals surface area contributed by atoms with Crippen LogP contribution in [-0.4, -0.2) is 37.7 Å². The largest absolute Gasteiger partial charge is 0.435 e. The summed E-state index contributed by atoms with van der Waals surface area (Å²) in [6.07, 6.45) is 4.39. The Morgan fingerprint density at radius 2 is 1.77 bits per heavy atom. The molecule has 0 amide bonds. The highest BCUT2D eigenvalue weighted by Crippen LogP contribution is 2.37. The SMILES string of the molecule is C[N+](C)(C)C.N#CC(=CC1=C(Cl)C(=CC(C#N)C#N)CC1)c1nc2cc(Cl)ccc2o1. The molecule has 31 heavy (non-hydrogen) atoms. The van der Waals surface area contributed by atoms with Gasteiger partial charge in [-0.3, -0.25) is 0 Å². The number of allylic oxidation sites excluding steroid dienone is 6. The minimum Gasteiger partial charge on any atom is -0.435 e. The van der Waals surface area contributed by atoms with Crippen molar-refractivity contribution in [2.45, 2.75) is 12.8 Å². The summed E-state index contributed by atoms with van der Waals surface area (Å²) in [6.45, 7) is 0. The minimum absolute atomic E-state index is 0.186. The smallest absolute Gasteiger partial charge is 0.238 e. The number of aromatic nitrogens is 1. The van der Waals surface area contributed by atoms with Crippen LogP contribution in [0.1, 0.15) is 18.7 Å². The maximum atomic E-state index is 9.48. The molecule has 2 aromatic rings. The van der Waals surface area contributed by atoms with Crippen molar-refractivity contribution in [3.8, 4) is 18.2 Å². The molecule has 0 fully saturated rings. The molecule has 158 valence electrons. The molecule has 1 aliphatic rings. The number of benzene rings is 1. The van der Waals surface area contributed by atoms with Gasteiger partial charge in [-0.05, 0) is 54.3 Å². The Balaban J connectivity index is 0.000000614. The van der Waals surface area contributed by atoms with Crippen LogP contribution in [-0.2, 0) is 0 Å². The van der Waals surface area contributed by atoms with Gasteiger partial charge in [0.2, 0.25) is 5.89 Å². The van der Waals surface area contributed by atoms with Crippen LogP contribution in [0.4, 0.5) is 0 Å². The zero-order valence-corrected chi connectivity index (χ0v) is 19.3. The number of quaternary nitrogens is 1. The molecule has 1 aromatic heterocycles. The number of halogens is 2. The fourth-order valence-corrected chi connectivity index (χ4v) is 3.10. The van der Waals surface area contributed by atoms with Crippen LogP contribution in [0.25, 0.3) is 16.7 Å². The Kier molecular flexibility index (Phi) is 8.03. The molecule has 1 aromatic carbocycles. The average Bonchev–Trinajstić information content (AvgIpc) is 3.26. The van der Waals surface area contributed by atoms with Gasteiger partial charge in [-0.2, -0.15) is 15.8 Å². The van der Waals surface area contributed by atoms with Gasteiger partial charge in [-0.15, -0.1) is 0 Å². The first-order valence-electron chi connectivity index (χ1n) is 9.41. The van der Waals surface area contributed by atoms with Crippen molar-refractivity contribution in [1.29, 1.82) is 15.8 Å². The van der Waals surface area contributed by atoms with Crippen LogP contribution in [0.5, 0.6) is 0 Å². The van der Waals surface area contributed by atoms with Crippen LogP contribution in [0.3, 0.4) is 0 Å². The highest BCUT2D eigenvalue weighted by atomic mass is 35.5. The zero-order valence-electron chi connectivity index (χ0n) is 17.8. The van der Waals surface area contributed by atoms with Gasteiger partial charge in [0.05, 0.1) is 40.3 Å². The number of oxazole rings is 1. The summed E-state index contributed by atoms with van der Waals surface area (Å²) in [4.78, 5) is 4.30. The van der Waals surface area contributed by atoms with E-state index in [0.717, 1.165) is 15.6 Å². The van der Waals surface area contributed by atoms with Crippen LogP contribution >= 0.6 is 23.2 Å². The number of hydrogen-bond acceptors (Lipinski definition) is 5. The minimum atomic E-state index is -0.848. The Labute approximate surface area is 192 Å². The van der Waals surface area contributed by atoms with E-state index in [0.29, 0.717) is 34.0 Å². The lowest BCUT2D eigenvalue weighted by Gasteiger charge is -2.14. The van der Waals surface area contributed by atoms with Gasteiger partial charge in [0.1, 0.15) is 17.2 Å². The lowest BCUT2D eigenvalue weighted by Crippen LogP contribution is -2.27. The second-order valence-corrected chi connectivity index (χ2v) is 9.07. The highest BCUT2D eigenvalue weighted by Gasteiger charge is 2.20. The molecule has 0 saturated carbocycles. The van der Waals surface area contributed by atoms with Crippen molar-refractivity contribution in [2.75, 3.05) is 28.2 Å². The molecule has 0 unspecified atom stereocenters. The van der Waals surface area contributed by atoms with E-state index in [4.69, 9.17) is 38.1 Å². The fourth-order valence-electron chi connectivity index (χ4n) is 2.62. The maximum Gasteiger partial charge on any atom is 0.238 e. The molecule has 0 aliphatic heterocycles. The average molecular weight is 455 g/mol. The highest BCUT2D eigenvalue weighted by molar-refractivity contribution is 6.33. The molecule has 0 saturated heterocycles. The van der Waals surface area contributed by atoms with E-state index < -0.39 is 5.92 Å². The third-order valence-corrected chi connectivity index (χ3v) is 4.61. The molecule has 0 radical (unpaired) electrons. The van der Waals surface area contributed by atoms with E-state index in [-0.39, 0.29) is 11.5 Å². The number of hydrogen-bond donors (Lipinski definition) is 0. The summed E-state index contributed by atoms with van der Waals surface area (Å²) in [5, 5.41) is 28.3. The van der Waals surface area contributed by atoms with E-state index in [9.17, 15) is 5.26 Å². The van der Waals surface area contributed by atoms with Crippen LogP contribution < -0.4 is 0 Å². The van der Waals surface area contributed by atoms with Crippen molar-refractivity contribution < 1.29 is 8.90 Å². The Morgan fingerprint density at radius 1 is 1.13 bits per heavy atom. The number of fused-ring (bicyclic) bond motifs is 1. The van der Waals surface area contributed by atoms with Gasteiger partial charge in [0, 0.05) is 10.1 Å². The van der Waals surface area contributed by atoms with Crippen molar-refractivity contribution >= 4 is 39.9 Å². The quantitative estimate of drug-likeness (QED) is 0.444. The van der Waals surface area contributed by atoms with Crippen molar-refractivity contribution in [3.63, 3.8) is 0 Å². The lowest BCUT2D eigenvalue weighted by molar-refractivity contribution is -0.849. The Hall–Kier alpha value is -3.08. The van der Waals surface area contributed by atoms with Gasteiger partial charge in [0.15, 0.2) is 11.5 Å². The monoisotopic (exact) mass is 454 g/mol. The summed E-state index contributed by atoms with van der Waals surface area (Å²) in [5.74, 6) is -0.662. The molecule has 0 N–H and O–H groups in total. The standard InChI is InChI=1S/C19H10Cl2N4O.C4H12N/c20-15-3-4-17-16(7-15)25-19(26-17)14(10-24)6-13-2-1-12(18(13)21)5-11(8-22)9-23;1-5(2,3)4/h3-7,11H,1-2H2;1-4H3/q;+1. The van der Waals surface area contributed by atoms with Crippen molar-refractivity contribution in [1.82, 2.24) is 4.98 Å². The lowest BCUT2D eigenvalue weighted by atomic mass is 10.1. The molecule has 3 rings (SSSR count). The third kappa shape index (κ3) is 6.99. The van der Waals surface area contributed by atoms with Crippen molar-refractivity contribution in [2.24, 2.45) is 5.92 Å². The summed E-state index contributed by atoms with van der Waals surface area (Å²) in [5.41, 5.74) is 2.80. The predicted molar refractivity (Wildman–Crippen MR) is 121 cm³/mol. The van der Waals surface area contributed by atoms with Crippen LogP contribution in [0, 0.1) is 39.9 Å². The number of rotatable bonds is 3. The molecule has 0 bridgehead atoms. The van der Waals surface area contributed by atoms with E-state index in [1.54, 1.807) is 30.4 Å². The molecule has 1 aliphatic carbocycles. The van der Waals surface area contributed by atoms with Crippen LogP contribution in [0.15, 0.2) is 50.9 Å². The van der Waals surface area contributed by atoms with E-state index in [1.807, 2.05) is 12.1 Å². The molecule has 8 heteroatoms. The Bertz CT molecular complexity index is 1170. The first-order valence-corrected chi connectivity index (χ1v) is 10.2. The molecule has 0 atom stereocenters. The summed E-state index contributed by atoms with van der Waals surface area (Å²) in [6, 6.07) is 10.9. The molecule has 1 heterocycles. The van der Waals surface area contributed by atoms with Gasteiger partial charge < -0.3 is 8.90 Å². The third-order valence-electron chi connectivity index (χ3n) is 3.89. The zero-order chi connectivity index (χ0) is 23.2. The molecule has 0 spiro atoms. The first-order chi connectivity index (χ1) is 14.5. The summed E-state index contributed by atoms with van der Waals surface area (Å²) < 4.78 is 6.62. The van der Waals surface area contributed by atoms with E-state index in [2.05, 4.69) is 39.2 Å². The van der Waals surface area contributed by atoms with Crippen LogP contribution in [0.2, 0.25) is 5.02 Å². The second-order valence-electron chi connectivity index (χ2n) is 8.25. The summed E-state index contributed by atoms with van der Waals surface area (Å²) in [7, 11) is 8.50. The fraction of sp³-hybridized carbons (Fsp3) is 0.304.